The van der Waals surface area contributed by atoms with E-state index < -0.39 is 0 Å². The molecule has 4 heteroatoms. The lowest BCUT2D eigenvalue weighted by Crippen LogP contribution is -2.02. The summed E-state index contributed by atoms with van der Waals surface area (Å²) in [5.74, 6) is 0. The lowest BCUT2D eigenvalue weighted by Gasteiger charge is -1.89. The Morgan fingerprint density at radius 2 is 1.25 bits per heavy atom. The van der Waals surface area contributed by atoms with Crippen molar-refractivity contribution >= 4 is 31.5 Å². The van der Waals surface area contributed by atoms with Crippen molar-refractivity contribution in [2.75, 3.05) is 0 Å². The Labute approximate surface area is 75.1 Å². The highest BCUT2D eigenvalue weighted by atomic mass is 32.9. The maximum atomic E-state index is 11.2. The Morgan fingerprint density at radius 3 is 1.67 bits per heavy atom. The molecule has 2 aromatic rings. The largest absolute Gasteiger partial charge is 0.276 e. The normalized spacial score (nSPS) is 10.3. The minimum atomic E-state index is -0.0322. The summed E-state index contributed by atoms with van der Waals surface area (Å²) in [4.78, 5) is 22.4. The van der Waals surface area contributed by atoms with E-state index in [0.717, 1.165) is 20.7 Å². The van der Waals surface area contributed by atoms with E-state index in [2.05, 4.69) is 0 Å². The first-order valence-electron chi connectivity index (χ1n) is 3.31. The van der Waals surface area contributed by atoms with Crippen LogP contribution in [0.3, 0.4) is 0 Å². The zero-order valence-corrected chi connectivity index (χ0v) is 7.58. The highest BCUT2D eigenvalue weighted by Gasteiger charge is 2.00. The third-order valence-electron chi connectivity index (χ3n) is 1.56. The molecule has 2 nitrogen and oxygen atoms in total. The maximum Gasteiger partial charge on any atom is 0.250 e. The summed E-state index contributed by atoms with van der Waals surface area (Å²) in [7, 11) is 1.99. The average molecular weight is 196 g/mol. The number of hydrogen-bond acceptors (Lipinski definition) is 4. The van der Waals surface area contributed by atoms with Crippen LogP contribution in [0.5, 0.6) is 0 Å². The van der Waals surface area contributed by atoms with Gasteiger partial charge in [-0.2, -0.15) is 0 Å². The molecule has 0 aliphatic rings. The maximum absolute atomic E-state index is 11.2. The molecule has 0 bridgehead atoms. The Balaban J connectivity index is 3.16. The summed E-state index contributed by atoms with van der Waals surface area (Å²) in [6, 6.07) is 6.89. The summed E-state index contributed by atoms with van der Waals surface area (Å²) in [6.45, 7) is 0. The lowest BCUT2D eigenvalue weighted by atomic mass is 10.2. The fraction of sp³-hybridized carbons (Fsp3) is 0. The fourth-order valence-corrected chi connectivity index (χ4v) is 2.68. The monoisotopic (exact) mass is 196 g/mol. The SMILES string of the molecule is O=c1ssc(=O)c2ccccc12. The fourth-order valence-electron chi connectivity index (χ4n) is 1.00. The molecule has 0 saturated heterocycles. The Bertz CT molecular complexity index is 476. The van der Waals surface area contributed by atoms with Gasteiger partial charge in [0.1, 0.15) is 0 Å². The molecule has 0 spiro atoms. The summed E-state index contributed by atoms with van der Waals surface area (Å²) in [6.07, 6.45) is 0. The van der Waals surface area contributed by atoms with E-state index in [1.54, 1.807) is 24.3 Å². The number of fused-ring (bicyclic) bond motifs is 1. The second kappa shape index (κ2) is 2.80. The first-order chi connectivity index (χ1) is 5.79. The summed E-state index contributed by atoms with van der Waals surface area (Å²) >= 11 is 0. The molecule has 0 radical (unpaired) electrons. The van der Waals surface area contributed by atoms with Crippen molar-refractivity contribution in [1.29, 1.82) is 0 Å². The van der Waals surface area contributed by atoms with Crippen molar-refractivity contribution in [3.05, 3.63) is 43.3 Å². The Morgan fingerprint density at radius 1 is 0.833 bits per heavy atom. The molecule has 2 rings (SSSR count). The number of rotatable bonds is 0. The Kier molecular flexibility index (Phi) is 1.78. The van der Waals surface area contributed by atoms with E-state index in [9.17, 15) is 9.59 Å². The van der Waals surface area contributed by atoms with Gasteiger partial charge in [0.25, 0.3) is 0 Å². The highest BCUT2D eigenvalue weighted by Crippen LogP contribution is 2.07. The first-order valence-corrected chi connectivity index (χ1v) is 5.46. The molecule has 0 amide bonds. The van der Waals surface area contributed by atoms with Gasteiger partial charge in [-0.15, -0.1) is 0 Å². The predicted octanol–water partition coefficient (Wildman–Crippen LogP) is 1.68. The van der Waals surface area contributed by atoms with E-state index in [0.29, 0.717) is 10.8 Å². The molecule has 0 fully saturated rings. The third kappa shape index (κ3) is 1.09. The molecule has 0 saturated carbocycles. The van der Waals surface area contributed by atoms with Crippen molar-refractivity contribution in [3.8, 4) is 0 Å². The molecule has 0 N–H and O–H groups in total. The van der Waals surface area contributed by atoms with Crippen molar-refractivity contribution in [2.24, 2.45) is 0 Å². The topological polar surface area (TPSA) is 34.1 Å². The zero-order valence-electron chi connectivity index (χ0n) is 5.94. The van der Waals surface area contributed by atoms with Gasteiger partial charge in [0.2, 0.25) is 9.48 Å². The van der Waals surface area contributed by atoms with Gasteiger partial charge in [-0.05, 0) is 32.8 Å². The summed E-state index contributed by atoms with van der Waals surface area (Å²) < 4.78 is -0.0644. The Hall–Kier alpha value is -1.00. The second-order valence-electron chi connectivity index (χ2n) is 2.29. The van der Waals surface area contributed by atoms with Crippen molar-refractivity contribution in [3.63, 3.8) is 0 Å². The molecule has 1 aromatic carbocycles. The summed E-state index contributed by atoms with van der Waals surface area (Å²) in [5.41, 5.74) is 0. The molecule has 0 aliphatic heterocycles. The van der Waals surface area contributed by atoms with Crippen LogP contribution in [0.25, 0.3) is 10.8 Å². The molecule has 60 valence electrons. The molecule has 1 aromatic heterocycles. The average Bonchev–Trinajstić information content (AvgIpc) is 2.12. The van der Waals surface area contributed by atoms with E-state index in [-0.39, 0.29) is 9.48 Å². The lowest BCUT2D eigenvalue weighted by molar-refractivity contribution is 1.77. The van der Waals surface area contributed by atoms with Gasteiger partial charge in [0.15, 0.2) is 0 Å². The van der Waals surface area contributed by atoms with Crippen LogP contribution in [-0.2, 0) is 0 Å². The minimum Gasteiger partial charge on any atom is -0.276 e. The number of hydrogen-bond donors (Lipinski definition) is 0. The van der Waals surface area contributed by atoms with Crippen LogP contribution in [0.1, 0.15) is 0 Å². The minimum absolute atomic E-state index is 0.0322. The van der Waals surface area contributed by atoms with Gasteiger partial charge < -0.3 is 0 Å². The van der Waals surface area contributed by atoms with Gasteiger partial charge in [0.05, 0.1) is 0 Å². The quantitative estimate of drug-likeness (QED) is 0.601. The standard InChI is InChI=1S/C8H4O2S2/c9-7-5-3-1-2-4-6(5)8(10)12-11-7/h1-4H. The van der Waals surface area contributed by atoms with Gasteiger partial charge >= 0.3 is 0 Å². The smallest absolute Gasteiger partial charge is 0.250 e. The van der Waals surface area contributed by atoms with E-state index in [4.69, 9.17) is 0 Å². The first kappa shape index (κ1) is 7.64. The molecule has 0 aliphatic carbocycles. The molecule has 12 heavy (non-hydrogen) atoms. The van der Waals surface area contributed by atoms with Crippen LogP contribution >= 0.6 is 20.7 Å². The van der Waals surface area contributed by atoms with Crippen LogP contribution in [0.2, 0.25) is 0 Å². The van der Waals surface area contributed by atoms with Crippen LogP contribution in [0.15, 0.2) is 33.9 Å². The molecule has 0 unspecified atom stereocenters. The van der Waals surface area contributed by atoms with Crippen LogP contribution < -0.4 is 9.48 Å². The summed E-state index contributed by atoms with van der Waals surface area (Å²) in [5, 5.41) is 1.07. The number of benzene rings is 1. The van der Waals surface area contributed by atoms with Gasteiger partial charge in [-0.3, -0.25) is 9.59 Å². The van der Waals surface area contributed by atoms with E-state index >= 15 is 0 Å². The van der Waals surface area contributed by atoms with Crippen LogP contribution in [0, 0.1) is 0 Å². The third-order valence-corrected chi connectivity index (χ3v) is 3.54. The highest BCUT2D eigenvalue weighted by molar-refractivity contribution is 7.67. The van der Waals surface area contributed by atoms with E-state index in [1.165, 1.54) is 0 Å². The van der Waals surface area contributed by atoms with Gasteiger partial charge in [-0.25, -0.2) is 0 Å². The van der Waals surface area contributed by atoms with Crippen molar-refractivity contribution < 1.29 is 0 Å². The molecular formula is C8H4O2S2. The van der Waals surface area contributed by atoms with Crippen molar-refractivity contribution in [1.82, 2.24) is 0 Å². The predicted molar refractivity (Wildman–Crippen MR) is 52.2 cm³/mol. The van der Waals surface area contributed by atoms with Gasteiger partial charge in [-0.1, -0.05) is 12.1 Å². The second-order valence-corrected chi connectivity index (χ2v) is 4.36. The van der Waals surface area contributed by atoms with Crippen LogP contribution in [0.4, 0.5) is 0 Å². The zero-order chi connectivity index (χ0) is 8.55. The molecule has 1 heterocycles. The van der Waals surface area contributed by atoms with E-state index in [1.807, 2.05) is 0 Å². The molecular weight excluding hydrogens is 192 g/mol. The van der Waals surface area contributed by atoms with Crippen molar-refractivity contribution in [2.45, 2.75) is 0 Å². The van der Waals surface area contributed by atoms with Crippen LogP contribution in [-0.4, -0.2) is 0 Å². The van der Waals surface area contributed by atoms with Gasteiger partial charge in [0, 0.05) is 10.8 Å². The molecule has 0 atom stereocenters.